The highest BCUT2D eigenvalue weighted by Crippen LogP contribution is 2.48. The Morgan fingerprint density at radius 3 is 2.44 bits per heavy atom. The first-order valence-electron chi connectivity index (χ1n) is 13.0. The molecule has 4 aromatic carbocycles. The number of amidine groups is 2. The van der Waals surface area contributed by atoms with E-state index in [9.17, 15) is 10.1 Å². The number of aryl methyl sites for hydroxylation is 1. The van der Waals surface area contributed by atoms with Crippen molar-refractivity contribution in [3.8, 4) is 5.69 Å². The van der Waals surface area contributed by atoms with E-state index in [4.69, 9.17) is 15.1 Å². The van der Waals surface area contributed by atoms with Crippen LogP contribution in [0.4, 0.5) is 28.6 Å². The molecule has 1 unspecified atom stereocenters. The lowest BCUT2D eigenvalue weighted by Gasteiger charge is -2.40. The number of aromatic nitrogens is 2. The van der Waals surface area contributed by atoms with E-state index >= 15 is 0 Å². The molecule has 2 aliphatic rings. The molecule has 9 nitrogen and oxygen atoms in total. The summed E-state index contributed by atoms with van der Waals surface area (Å²) in [7, 11) is 0. The predicted molar refractivity (Wildman–Crippen MR) is 164 cm³/mol. The first kappa shape index (κ1) is 24.9. The maximum Gasteiger partial charge on any atom is 0.269 e. The Kier molecular flexibility index (Phi) is 5.97. The fourth-order valence-electron chi connectivity index (χ4n) is 5.34. The van der Waals surface area contributed by atoms with E-state index in [2.05, 4.69) is 26.1 Å². The smallest absolute Gasteiger partial charge is 0.269 e. The zero-order valence-electron chi connectivity index (χ0n) is 21.8. The van der Waals surface area contributed by atoms with Crippen LogP contribution in [-0.4, -0.2) is 26.4 Å². The van der Waals surface area contributed by atoms with Crippen LogP contribution in [0.3, 0.4) is 0 Å². The van der Waals surface area contributed by atoms with E-state index in [0.717, 1.165) is 44.0 Å². The van der Waals surface area contributed by atoms with E-state index in [1.165, 1.54) is 6.07 Å². The largest absolute Gasteiger partial charge is 0.337 e. The number of nitro benzene ring substituents is 1. The normalized spacial score (nSPS) is 15.3. The minimum absolute atomic E-state index is 0.0217. The molecular formula is C31H22BrN7O2. The van der Waals surface area contributed by atoms with Gasteiger partial charge in [0.15, 0.2) is 17.5 Å². The highest BCUT2D eigenvalue weighted by molar-refractivity contribution is 9.10. The van der Waals surface area contributed by atoms with Crippen molar-refractivity contribution in [3.05, 3.63) is 135 Å². The standard InChI is InChI=1S/C31H22BrN7O2/c1-19-27-28(20-8-7-11-24(18-20)39(40)41)37-26-13-6-5-12-25(26)34-29(33-22-16-14-21(32)15-17-22)31(37)35-30(27)38(36-19)23-9-3-2-4-10-23/h2-18,28H,1H3,(H,33,34). The van der Waals surface area contributed by atoms with Gasteiger partial charge in [0.05, 0.1) is 33.7 Å². The summed E-state index contributed by atoms with van der Waals surface area (Å²) in [4.78, 5) is 23.7. The summed E-state index contributed by atoms with van der Waals surface area (Å²) >= 11 is 3.50. The number of para-hydroxylation sites is 3. The predicted octanol–water partition coefficient (Wildman–Crippen LogP) is 7.65. The van der Waals surface area contributed by atoms with Crippen LogP contribution in [0.15, 0.2) is 118 Å². The average Bonchev–Trinajstić information content (AvgIpc) is 3.33. The summed E-state index contributed by atoms with van der Waals surface area (Å²) < 4.78 is 2.80. The number of non-ortho nitro benzene ring substituents is 1. The summed E-state index contributed by atoms with van der Waals surface area (Å²) in [5, 5.41) is 20.2. The van der Waals surface area contributed by atoms with Crippen LogP contribution in [0, 0.1) is 17.0 Å². The fraction of sp³-hybridized carbons (Fsp3) is 0.0645. The SMILES string of the molecule is Cc1nn(-c2ccccc2)c2c1C(c1cccc([N+](=O)[O-])c1)N1C(=N2)C(Nc2ccc(Br)cc2)=Nc2ccccc21. The molecule has 0 bridgehead atoms. The highest BCUT2D eigenvalue weighted by atomic mass is 79.9. The van der Waals surface area contributed by atoms with Crippen molar-refractivity contribution in [3.63, 3.8) is 0 Å². The number of nitro groups is 1. The van der Waals surface area contributed by atoms with Gasteiger partial charge in [-0.25, -0.2) is 14.7 Å². The van der Waals surface area contributed by atoms with Crippen molar-refractivity contribution in [1.82, 2.24) is 9.78 Å². The number of nitrogens with zero attached hydrogens (tertiary/aromatic N) is 6. The molecule has 41 heavy (non-hydrogen) atoms. The van der Waals surface area contributed by atoms with E-state index in [1.807, 2.05) is 96.5 Å². The Bertz CT molecular complexity index is 1880. The third-order valence-electron chi connectivity index (χ3n) is 7.14. The lowest BCUT2D eigenvalue weighted by molar-refractivity contribution is -0.384. The second-order valence-corrected chi connectivity index (χ2v) is 10.6. The molecule has 0 aliphatic carbocycles. The van der Waals surface area contributed by atoms with Gasteiger partial charge in [-0.3, -0.25) is 10.1 Å². The molecule has 0 spiro atoms. The molecule has 0 saturated heterocycles. The maximum atomic E-state index is 11.8. The number of hydrogen-bond acceptors (Lipinski definition) is 7. The van der Waals surface area contributed by atoms with Gasteiger partial charge in [0.2, 0.25) is 0 Å². The lowest BCUT2D eigenvalue weighted by Crippen LogP contribution is -2.46. The molecule has 7 rings (SSSR count). The summed E-state index contributed by atoms with van der Waals surface area (Å²) in [5.74, 6) is 1.81. The van der Waals surface area contributed by atoms with Crippen LogP contribution in [0.25, 0.3) is 5.69 Å². The van der Waals surface area contributed by atoms with Gasteiger partial charge in [-0.15, -0.1) is 0 Å². The molecule has 0 amide bonds. The summed E-state index contributed by atoms with van der Waals surface area (Å²) in [6.45, 7) is 1.95. The summed E-state index contributed by atoms with van der Waals surface area (Å²) in [6.07, 6.45) is 0. The quantitative estimate of drug-likeness (QED) is 0.168. The molecular weight excluding hydrogens is 582 g/mol. The Balaban J connectivity index is 1.50. The van der Waals surface area contributed by atoms with Crippen molar-refractivity contribution in [2.45, 2.75) is 13.0 Å². The van der Waals surface area contributed by atoms with Crippen molar-refractivity contribution in [2.75, 3.05) is 10.2 Å². The van der Waals surface area contributed by atoms with Gasteiger partial charge in [0.25, 0.3) is 5.69 Å². The Morgan fingerprint density at radius 2 is 1.66 bits per heavy atom. The molecule has 10 heteroatoms. The molecule has 0 radical (unpaired) electrons. The molecule has 5 aromatic rings. The number of aliphatic imine (C=N–C) groups is 2. The molecule has 1 N–H and O–H groups in total. The fourth-order valence-corrected chi connectivity index (χ4v) is 5.61. The number of benzene rings is 4. The number of halogens is 1. The lowest BCUT2D eigenvalue weighted by atomic mass is 9.93. The maximum absolute atomic E-state index is 11.8. The summed E-state index contributed by atoms with van der Waals surface area (Å²) in [6, 6.07) is 31.8. The van der Waals surface area contributed by atoms with Gasteiger partial charge in [-0.1, -0.05) is 58.4 Å². The first-order valence-corrected chi connectivity index (χ1v) is 13.7. The summed E-state index contributed by atoms with van der Waals surface area (Å²) in [5.41, 5.74) is 5.75. The van der Waals surface area contributed by atoms with Crippen LogP contribution in [-0.2, 0) is 0 Å². The number of hydrogen-bond donors (Lipinski definition) is 1. The molecule has 3 heterocycles. The van der Waals surface area contributed by atoms with Crippen molar-refractivity contribution >= 4 is 56.2 Å². The van der Waals surface area contributed by atoms with Gasteiger partial charge < -0.3 is 10.2 Å². The Labute approximate surface area is 243 Å². The second-order valence-electron chi connectivity index (χ2n) is 9.71. The Hall–Kier alpha value is -5.09. The molecule has 0 saturated carbocycles. The van der Waals surface area contributed by atoms with Crippen LogP contribution < -0.4 is 10.2 Å². The average molecular weight is 604 g/mol. The third-order valence-corrected chi connectivity index (χ3v) is 7.67. The van der Waals surface area contributed by atoms with E-state index in [-0.39, 0.29) is 10.6 Å². The van der Waals surface area contributed by atoms with Crippen LogP contribution >= 0.6 is 15.9 Å². The zero-order chi connectivity index (χ0) is 28.1. The molecule has 0 fully saturated rings. The number of rotatable bonds is 4. The van der Waals surface area contributed by atoms with Crippen molar-refractivity contribution < 1.29 is 4.92 Å². The van der Waals surface area contributed by atoms with Crippen molar-refractivity contribution in [2.24, 2.45) is 9.98 Å². The molecule has 200 valence electrons. The van der Waals surface area contributed by atoms with Gasteiger partial charge in [0, 0.05) is 27.9 Å². The monoisotopic (exact) mass is 603 g/mol. The van der Waals surface area contributed by atoms with Crippen LogP contribution in [0.1, 0.15) is 22.9 Å². The van der Waals surface area contributed by atoms with E-state index < -0.39 is 6.04 Å². The topological polar surface area (TPSA) is 101 Å². The van der Waals surface area contributed by atoms with Crippen molar-refractivity contribution in [1.29, 1.82) is 0 Å². The number of fused-ring (bicyclic) bond motifs is 4. The van der Waals surface area contributed by atoms with E-state index in [0.29, 0.717) is 17.5 Å². The molecule has 1 atom stereocenters. The Morgan fingerprint density at radius 1 is 0.902 bits per heavy atom. The van der Waals surface area contributed by atoms with Crippen LogP contribution in [0.2, 0.25) is 0 Å². The second kappa shape index (κ2) is 9.83. The van der Waals surface area contributed by atoms with Gasteiger partial charge in [0.1, 0.15) is 0 Å². The molecule has 1 aromatic heterocycles. The van der Waals surface area contributed by atoms with Crippen LogP contribution in [0.5, 0.6) is 0 Å². The van der Waals surface area contributed by atoms with Gasteiger partial charge in [-0.05, 0) is 61.0 Å². The minimum atomic E-state index is -0.451. The minimum Gasteiger partial charge on any atom is -0.337 e. The zero-order valence-corrected chi connectivity index (χ0v) is 23.4. The van der Waals surface area contributed by atoms with E-state index in [1.54, 1.807) is 12.1 Å². The first-order chi connectivity index (χ1) is 20.0. The van der Waals surface area contributed by atoms with Gasteiger partial charge >= 0.3 is 0 Å². The number of nitrogens with one attached hydrogen (secondary N) is 1. The highest BCUT2D eigenvalue weighted by Gasteiger charge is 2.41. The third kappa shape index (κ3) is 4.29. The van der Waals surface area contributed by atoms with Gasteiger partial charge in [-0.2, -0.15) is 5.10 Å². The number of anilines is 2. The molecule has 2 aliphatic heterocycles.